The number of hydrogen-bond donors (Lipinski definition) is 3. The first-order chi connectivity index (χ1) is 7.00. The first-order valence-corrected chi connectivity index (χ1v) is 5.66. The molecule has 0 saturated heterocycles. The molecule has 0 fully saturated rings. The second-order valence-electron chi connectivity index (χ2n) is 3.60. The first kappa shape index (κ1) is 11.5. The van der Waals surface area contributed by atoms with Gasteiger partial charge in [0.1, 0.15) is 0 Å². The zero-order valence-electron chi connectivity index (χ0n) is 8.86. The molecule has 0 amide bonds. The number of hydrazine groups is 2. The van der Waals surface area contributed by atoms with Crippen molar-refractivity contribution in [1.29, 1.82) is 0 Å². The fourth-order valence-electron chi connectivity index (χ4n) is 1.41. The number of hydrogen-bond acceptors (Lipinski definition) is 3. The molecule has 3 heteroatoms. The van der Waals surface area contributed by atoms with E-state index in [0.29, 0.717) is 0 Å². The minimum Gasteiger partial charge on any atom is -0.244 e. The summed E-state index contributed by atoms with van der Waals surface area (Å²) >= 11 is 0. The van der Waals surface area contributed by atoms with Crippen molar-refractivity contribution < 1.29 is 0 Å². The summed E-state index contributed by atoms with van der Waals surface area (Å²) < 4.78 is 0. The summed E-state index contributed by atoms with van der Waals surface area (Å²) in [6.45, 7) is 2.01. The molecule has 3 nitrogen and oxygen atoms in total. The Morgan fingerprint density at radius 1 is 0.643 bits per heavy atom. The van der Waals surface area contributed by atoms with Gasteiger partial charge in [-0.15, -0.1) is 11.8 Å². The molecule has 1 heterocycles. The number of rotatable bonds is 0. The number of nitrogens with one attached hydrogen (secondary N) is 3. The lowest BCUT2D eigenvalue weighted by molar-refractivity contribution is 0.421. The van der Waals surface area contributed by atoms with Crippen LogP contribution in [-0.2, 0) is 0 Å². The maximum atomic E-state index is 3.23. The van der Waals surface area contributed by atoms with E-state index in [1.165, 1.54) is 25.7 Å². The van der Waals surface area contributed by atoms with Gasteiger partial charge < -0.3 is 0 Å². The minimum absolute atomic E-state index is 0.974. The SMILES string of the molecule is C1#CCCCNNNCCCCCC1. The topological polar surface area (TPSA) is 36.1 Å². The lowest BCUT2D eigenvalue weighted by atomic mass is 10.1. The Balaban J connectivity index is 2.12. The maximum absolute atomic E-state index is 3.23. The molecule has 1 rings (SSSR count). The molecule has 1 aliphatic heterocycles. The van der Waals surface area contributed by atoms with Gasteiger partial charge in [0.2, 0.25) is 0 Å². The molecular formula is C11H21N3. The lowest BCUT2D eigenvalue weighted by Crippen LogP contribution is -2.44. The summed E-state index contributed by atoms with van der Waals surface area (Å²) in [5.74, 6) is 6.43. The van der Waals surface area contributed by atoms with E-state index in [1.54, 1.807) is 0 Å². The van der Waals surface area contributed by atoms with Crippen LogP contribution in [0.1, 0.15) is 44.9 Å². The van der Waals surface area contributed by atoms with Gasteiger partial charge in [-0.25, -0.2) is 10.9 Å². The highest BCUT2D eigenvalue weighted by atomic mass is 15.6. The Morgan fingerprint density at radius 2 is 1.29 bits per heavy atom. The van der Waals surface area contributed by atoms with Gasteiger partial charge in [0.05, 0.1) is 0 Å². The summed E-state index contributed by atoms with van der Waals surface area (Å²) in [6, 6.07) is 0. The Labute approximate surface area is 87.0 Å². The highest BCUT2D eigenvalue weighted by Crippen LogP contribution is 2.01. The largest absolute Gasteiger partial charge is 0.244 e. The van der Waals surface area contributed by atoms with Crippen molar-refractivity contribution in [3.05, 3.63) is 0 Å². The van der Waals surface area contributed by atoms with E-state index in [-0.39, 0.29) is 0 Å². The van der Waals surface area contributed by atoms with E-state index in [1.807, 2.05) is 0 Å². The van der Waals surface area contributed by atoms with Crippen LogP contribution in [0.25, 0.3) is 0 Å². The van der Waals surface area contributed by atoms with Crippen LogP contribution in [0.2, 0.25) is 0 Å². The molecule has 0 aromatic carbocycles. The summed E-state index contributed by atoms with van der Waals surface area (Å²) in [5, 5.41) is 0. The summed E-state index contributed by atoms with van der Waals surface area (Å²) in [6.07, 6.45) is 8.32. The standard InChI is InChI=1S/C11H21N3/c1-2-4-6-8-10-12-14-13-11-9-7-5-3-1/h12-14H,1-2,4,6-11H2. The van der Waals surface area contributed by atoms with Crippen LogP contribution in [0.15, 0.2) is 0 Å². The smallest absolute Gasteiger partial charge is 0.0122 e. The van der Waals surface area contributed by atoms with Crippen molar-refractivity contribution in [2.75, 3.05) is 13.1 Å². The monoisotopic (exact) mass is 195 g/mol. The van der Waals surface area contributed by atoms with E-state index >= 15 is 0 Å². The molecule has 80 valence electrons. The second kappa shape index (κ2) is 9.01. The normalized spacial score (nSPS) is 21.7. The van der Waals surface area contributed by atoms with Gasteiger partial charge in [-0.1, -0.05) is 12.8 Å². The summed E-state index contributed by atoms with van der Waals surface area (Å²) in [4.78, 5) is 0. The van der Waals surface area contributed by atoms with Crippen molar-refractivity contribution in [2.24, 2.45) is 0 Å². The predicted octanol–water partition coefficient (Wildman–Crippen LogP) is 1.33. The molecule has 0 spiro atoms. The molecule has 0 aromatic heterocycles. The Kier molecular flexibility index (Phi) is 7.41. The zero-order valence-corrected chi connectivity index (χ0v) is 8.86. The van der Waals surface area contributed by atoms with Gasteiger partial charge in [-0.2, -0.15) is 5.53 Å². The first-order valence-electron chi connectivity index (χ1n) is 5.66. The molecule has 0 aliphatic carbocycles. The fourth-order valence-corrected chi connectivity index (χ4v) is 1.41. The summed E-state index contributed by atoms with van der Waals surface area (Å²) in [5.41, 5.74) is 9.24. The molecule has 0 saturated carbocycles. The average molecular weight is 195 g/mol. The van der Waals surface area contributed by atoms with E-state index in [0.717, 1.165) is 32.4 Å². The minimum atomic E-state index is 0.974. The van der Waals surface area contributed by atoms with Crippen LogP contribution < -0.4 is 16.4 Å². The Morgan fingerprint density at radius 3 is 2.14 bits per heavy atom. The van der Waals surface area contributed by atoms with Crippen LogP contribution >= 0.6 is 0 Å². The second-order valence-corrected chi connectivity index (χ2v) is 3.60. The third-order valence-electron chi connectivity index (χ3n) is 2.26. The average Bonchev–Trinajstić information content (AvgIpc) is 2.22. The van der Waals surface area contributed by atoms with Gasteiger partial charge in [0.25, 0.3) is 0 Å². The van der Waals surface area contributed by atoms with Gasteiger partial charge >= 0.3 is 0 Å². The van der Waals surface area contributed by atoms with Crippen LogP contribution in [-0.4, -0.2) is 13.1 Å². The van der Waals surface area contributed by atoms with Crippen LogP contribution in [0, 0.1) is 11.8 Å². The molecular weight excluding hydrogens is 174 g/mol. The van der Waals surface area contributed by atoms with Gasteiger partial charge in [0, 0.05) is 25.9 Å². The van der Waals surface area contributed by atoms with Crippen LogP contribution in [0.3, 0.4) is 0 Å². The van der Waals surface area contributed by atoms with Gasteiger partial charge in [-0.3, -0.25) is 0 Å². The van der Waals surface area contributed by atoms with E-state index in [4.69, 9.17) is 0 Å². The van der Waals surface area contributed by atoms with E-state index in [2.05, 4.69) is 28.2 Å². The lowest BCUT2D eigenvalue weighted by Gasteiger charge is -2.07. The maximum Gasteiger partial charge on any atom is 0.0122 e. The molecule has 0 aromatic rings. The molecule has 0 bridgehead atoms. The Bertz CT molecular complexity index is 163. The van der Waals surface area contributed by atoms with Crippen molar-refractivity contribution in [2.45, 2.75) is 44.9 Å². The fraction of sp³-hybridized carbons (Fsp3) is 0.818. The highest BCUT2D eigenvalue weighted by molar-refractivity contribution is 4.98. The zero-order chi connectivity index (χ0) is 9.90. The molecule has 14 heavy (non-hydrogen) atoms. The molecule has 0 atom stereocenters. The van der Waals surface area contributed by atoms with Gasteiger partial charge in [0.15, 0.2) is 0 Å². The van der Waals surface area contributed by atoms with Crippen molar-refractivity contribution in [1.82, 2.24) is 16.4 Å². The van der Waals surface area contributed by atoms with Gasteiger partial charge in [-0.05, 0) is 19.3 Å². The third kappa shape index (κ3) is 6.90. The van der Waals surface area contributed by atoms with E-state index < -0.39 is 0 Å². The van der Waals surface area contributed by atoms with Crippen molar-refractivity contribution >= 4 is 0 Å². The van der Waals surface area contributed by atoms with Crippen molar-refractivity contribution in [3.63, 3.8) is 0 Å². The van der Waals surface area contributed by atoms with E-state index in [9.17, 15) is 0 Å². The highest BCUT2D eigenvalue weighted by Gasteiger charge is 1.90. The summed E-state index contributed by atoms with van der Waals surface area (Å²) in [7, 11) is 0. The molecule has 0 radical (unpaired) electrons. The molecule has 1 aliphatic rings. The van der Waals surface area contributed by atoms with Crippen LogP contribution in [0.5, 0.6) is 0 Å². The third-order valence-corrected chi connectivity index (χ3v) is 2.26. The molecule has 3 N–H and O–H groups in total. The quantitative estimate of drug-likeness (QED) is 0.510. The Hall–Kier alpha value is -0.560. The predicted molar refractivity (Wildman–Crippen MR) is 59.2 cm³/mol. The molecule has 0 unspecified atom stereocenters. The van der Waals surface area contributed by atoms with Crippen molar-refractivity contribution in [3.8, 4) is 11.8 Å². The van der Waals surface area contributed by atoms with Crippen LogP contribution in [0.4, 0.5) is 0 Å².